The number of hydrogen-bond acceptors (Lipinski definition) is 5. The molecule has 0 aromatic carbocycles. The Kier molecular flexibility index (Phi) is 6.42. The number of aromatic nitrogens is 1. The van der Waals surface area contributed by atoms with Crippen LogP contribution >= 0.6 is 11.6 Å². The first-order valence-electron chi connectivity index (χ1n) is 6.43. The number of halogens is 1. The number of ether oxygens (including phenoxy) is 2. The van der Waals surface area contributed by atoms with Crippen molar-refractivity contribution in [1.29, 1.82) is 0 Å². The Morgan fingerprint density at radius 1 is 1.33 bits per heavy atom. The first-order valence-corrected chi connectivity index (χ1v) is 6.96. The molecule has 21 heavy (non-hydrogen) atoms. The maximum atomic E-state index is 11.9. The van der Waals surface area contributed by atoms with Gasteiger partial charge in [0.1, 0.15) is 11.6 Å². The summed E-state index contributed by atoms with van der Waals surface area (Å²) < 4.78 is 9.88. The van der Waals surface area contributed by atoms with Crippen LogP contribution in [0.5, 0.6) is 0 Å². The van der Waals surface area contributed by atoms with Gasteiger partial charge in [-0.25, -0.2) is 9.59 Å². The average molecular weight is 315 g/mol. The van der Waals surface area contributed by atoms with Crippen LogP contribution in [0.3, 0.4) is 0 Å². The Morgan fingerprint density at radius 2 is 1.95 bits per heavy atom. The topological polar surface area (TPSA) is 77.5 Å². The molecule has 0 unspecified atom stereocenters. The van der Waals surface area contributed by atoms with E-state index in [1.165, 1.54) is 0 Å². The van der Waals surface area contributed by atoms with Crippen molar-refractivity contribution in [3.05, 3.63) is 30.1 Å². The maximum Gasteiger partial charge on any atom is 0.408 e. The van der Waals surface area contributed by atoms with E-state index in [-0.39, 0.29) is 12.5 Å². The van der Waals surface area contributed by atoms with E-state index in [1.54, 1.807) is 45.3 Å². The fourth-order valence-electron chi connectivity index (χ4n) is 1.55. The second-order valence-electron chi connectivity index (χ2n) is 5.33. The summed E-state index contributed by atoms with van der Waals surface area (Å²) >= 11 is 5.39. The number of alkyl halides is 1. The maximum absolute atomic E-state index is 11.9. The summed E-state index contributed by atoms with van der Waals surface area (Å²) in [6, 6.07) is 2.35. The molecule has 0 radical (unpaired) electrons. The summed E-state index contributed by atoms with van der Waals surface area (Å²) in [5, 5.41) is 2.49. The Morgan fingerprint density at radius 3 is 2.48 bits per heavy atom. The third-order valence-electron chi connectivity index (χ3n) is 2.36. The highest BCUT2D eigenvalue weighted by atomic mass is 35.5. The zero-order valence-electron chi connectivity index (χ0n) is 12.3. The Hall–Kier alpha value is -1.82. The van der Waals surface area contributed by atoms with Crippen LogP contribution in [-0.4, -0.2) is 34.8 Å². The van der Waals surface area contributed by atoms with Gasteiger partial charge in [-0.15, -0.1) is 0 Å². The molecule has 0 bridgehead atoms. The highest BCUT2D eigenvalue weighted by molar-refractivity contribution is 6.17. The van der Waals surface area contributed by atoms with Crippen molar-refractivity contribution in [2.24, 2.45) is 0 Å². The lowest BCUT2D eigenvalue weighted by molar-refractivity contribution is -0.144. The number of esters is 1. The molecule has 1 heterocycles. The lowest BCUT2D eigenvalue weighted by atomic mass is 10.1. The van der Waals surface area contributed by atoms with Gasteiger partial charge in [-0.2, -0.15) is 0 Å². The van der Waals surface area contributed by atoms with Crippen LogP contribution in [0.25, 0.3) is 0 Å². The van der Waals surface area contributed by atoms with Crippen LogP contribution in [0, 0.1) is 0 Å². The van der Waals surface area contributed by atoms with Crippen molar-refractivity contribution in [2.45, 2.75) is 38.8 Å². The lowest BCUT2D eigenvalue weighted by Crippen LogP contribution is -2.45. The smallest absolute Gasteiger partial charge is 0.408 e. The molecule has 1 amide bonds. The number of alkyl carbamates (subject to hydrolysis) is 1. The molecule has 0 aliphatic rings. The molecule has 116 valence electrons. The molecule has 0 saturated carbocycles. The number of carbonyl (C=O) groups excluding carboxylic acids is 2. The third kappa shape index (κ3) is 6.94. The summed E-state index contributed by atoms with van der Waals surface area (Å²) in [4.78, 5) is 27.5. The normalized spacial score (nSPS) is 12.4. The first kappa shape index (κ1) is 17.2. The molecule has 1 N–H and O–H groups in total. The van der Waals surface area contributed by atoms with Gasteiger partial charge in [0.25, 0.3) is 0 Å². The van der Waals surface area contributed by atoms with E-state index < -0.39 is 23.7 Å². The molecule has 0 aliphatic heterocycles. The summed E-state index contributed by atoms with van der Waals surface area (Å²) in [6.07, 6.45) is 2.78. The van der Waals surface area contributed by atoms with E-state index in [0.29, 0.717) is 0 Å². The molecule has 7 heteroatoms. The summed E-state index contributed by atoms with van der Waals surface area (Å²) in [5.41, 5.74) is 0.180. The molecular formula is C14H19ClN2O4. The lowest BCUT2D eigenvalue weighted by Gasteiger charge is -2.22. The predicted molar refractivity (Wildman–Crippen MR) is 77.9 cm³/mol. The largest absolute Gasteiger partial charge is 0.448 e. The van der Waals surface area contributed by atoms with E-state index in [0.717, 1.165) is 5.56 Å². The fourth-order valence-corrected chi connectivity index (χ4v) is 1.66. The molecular weight excluding hydrogens is 296 g/mol. The van der Waals surface area contributed by atoms with Crippen LogP contribution < -0.4 is 5.32 Å². The van der Waals surface area contributed by atoms with Gasteiger partial charge in [0, 0.05) is 18.8 Å². The van der Waals surface area contributed by atoms with Crippen LogP contribution in [0.2, 0.25) is 0 Å². The Balaban J connectivity index is 2.73. The SMILES string of the molecule is CC(C)(C)OC(=O)N[C@@H](Cc1ccncc1)C(=O)OCCl. The first-order chi connectivity index (χ1) is 9.81. The molecule has 6 nitrogen and oxygen atoms in total. The second kappa shape index (κ2) is 7.83. The van der Waals surface area contributed by atoms with E-state index in [2.05, 4.69) is 10.3 Å². The summed E-state index contributed by atoms with van der Waals surface area (Å²) in [7, 11) is 0. The second-order valence-corrected chi connectivity index (χ2v) is 5.55. The van der Waals surface area contributed by atoms with Crippen molar-refractivity contribution in [1.82, 2.24) is 10.3 Å². The van der Waals surface area contributed by atoms with Gasteiger partial charge >= 0.3 is 12.1 Å². The summed E-state index contributed by atoms with van der Waals surface area (Å²) in [5.74, 6) is -0.618. The van der Waals surface area contributed by atoms with E-state index >= 15 is 0 Å². The molecule has 1 rings (SSSR count). The average Bonchev–Trinajstić information content (AvgIpc) is 2.37. The third-order valence-corrected chi connectivity index (χ3v) is 2.47. The van der Waals surface area contributed by atoms with Crippen molar-refractivity contribution in [3.63, 3.8) is 0 Å². The summed E-state index contributed by atoms with van der Waals surface area (Å²) in [6.45, 7) is 5.21. The zero-order chi connectivity index (χ0) is 15.9. The molecule has 1 aromatic rings. The van der Waals surface area contributed by atoms with Gasteiger partial charge in [-0.3, -0.25) is 4.98 Å². The van der Waals surface area contributed by atoms with E-state index in [1.807, 2.05) is 0 Å². The number of nitrogens with zero attached hydrogens (tertiary/aromatic N) is 1. The van der Waals surface area contributed by atoms with Gasteiger partial charge < -0.3 is 14.8 Å². The van der Waals surface area contributed by atoms with E-state index in [9.17, 15) is 9.59 Å². The van der Waals surface area contributed by atoms with Gasteiger partial charge in [0.05, 0.1) is 0 Å². The monoisotopic (exact) mass is 314 g/mol. The number of amides is 1. The molecule has 0 fully saturated rings. The minimum atomic E-state index is -0.874. The van der Waals surface area contributed by atoms with Crippen LogP contribution in [-0.2, 0) is 20.7 Å². The number of pyridine rings is 1. The highest BCUT2D eigenvalue weighted by Crippen LogP contribution is 2.09. The highest BCUT2D eigenvalue weighted by Gasteiger charge is 2.25. The number of nitrogens with one attached hydrogen (secondary N) is 1. The van der Waals surface area contributed by atoms with Gasteiger partial charge in [-0.1, -0.05) is 11.6 Å². The van der Waals surface area contributed by atoms with Crippen molar-refractivity contribution >= 4 is 23.7 Å². The minimum Gasteiger partial charge on any atom is -0.448 e. The number of hydrogen-bond donors (Lipinski definition) is 1. The van der Waals surface area contributed by atoms with Crippen LogP contribution in [0.1, 0.15) is 26.3 Å². The number of rotatable bonds is 5. The van der Waals surface area contributed by atoms with Gasteiger partial charge in [0.15, 0.2) is 6.07 Å². The quantitative estimate of drug-likeness (QED) is 0.666. The minimum absolute atomic E-state index is 0.261. The van der Waals surface area contributed by atoms with Crippen LogP contribution in [0.4, 0.5) is 4.79 Å². The molecule has 1 atom stereocenters. The Bertz CT molecular complexity index is 474. The van der Waals surface area contributed by atoms with E-state index in [4.69, 9.17) is 21.1 Å². The molecule has 0 aliphatic carbocycles. The number of carbonyl (C=O) groups is 2. The molecule has 0 spiro atoms. The predicted octanol–water partition coefficient (Wildman–Crippen LogP) is 2.26. The van der Waals surface area contributed by atoms with Gasteiger partial charge in [0.2, 0.25) is 0 Å². The van der Waals surface area contributed by atoms with Gasteiger partial charge in [-0.05, 0) is 38.5 Å². The Labute approximate surface area is 128 Å². The zero-order valence-corrected chi connectivity index (χ0v) is 13.0. The van der Waals surface area contributed by atoms with Crippen molar-refractivity contribution in [3.8, 4) is 0 Å². The van der Waals surface area contributed by atoms with Crippen molar-refractivity contribution < 1.29 is 19.1 Å². The standard InChI is InChI=1S/C14H19ClN2O4/c1-14(2,3)21-13(19)17-11(12(18)20-9-15)8-10-4-6-16-7-5-10/h4-7,11H,8-9H2,1-3H3,(H,17,19)/t11-/m0/s1. The van der Waals surface area contributed by atoms with Crippen molar-refractivity contribution in [2.75, 3.05) is 6.07 Å². The van der Waals surface area contributed by atoms with Crippen LogP contribution in [0.15, 0.2) is 24.5 Å². The fraction of sp³-hybridized carbons (Fsp3) is 0.500. The molecule has 1 aromatic heterocycles. The molecule has 0 saturated heterocycles.